The highest BCUT2D eigenvalue weighted by atomic mass is 16.5. The van der Waals surface area contributed by atoms with Crippen molar-refractivity contribution in [3.8, 4) is 0 Å². The first kappa shape index (κ1) is 13.9. The number of ether oxygens (including phenoxy) is 1. The van der Waals surface area contributed by atoms with Gasteiger partial charge in [0, 0.05) is 17.1 Å². The molecule has 2 heteroatoms. The molecule has 0 N–H and O–H groups in total. The first-order valence-electron chi connectivity index (χ1n) is 7.75. The molecule has 0 aliphatic heterocycles. The SMILES string of the molecule is C1=CC2CC2C=C1OCc1ccnc2ccccc12.CC. The Bertz CT molecular complexity index is 682. The number of nitrogens with zero attached hydrogens (tertiary/aromatic N) is 1. The van der Waals surface area contributed by atoms with E-state index in [0.717, 1.165) is 23.1 Å². The van der Waals surface area contributed by atoms with Crippen molar-refractivity contribution in [2.45, 2.75) is 26.9 Å². The second kappa shape index (κ2) is 6.13. The van der Waals surface area contributed by atoms with Crippen LogP contribution in [0.3, 0.4) is 0 Å². The van der Waals surface area contributed by atoms with Crippen molar-refractivity contribution >= 4 is 10.9 Å². The fourth-order valence-corrected chi connectivity index (χ4v) is 2.67. The molecule has 2 unspecified atom stereocenters. The Morgan fingerprint density at radius 2 is 2.00 bits per heavy atom. The topological polar surface area (TPSA) is 22.1 Å². The molecule has 2 nitrogen and oxygen atoms in total. The summed E-state index contributed by atoms with van der Waals surface area (Å²) in [6, 6.07) is 10.2. The Morgan fingerprint density at radius 1 is 1.14 bits per heavy atom. The molecule has 0 bridgehead atoms. The van der Waals surface area contributed by atoms with E-state index in [1.165, 1.54) is 17.4 Å². The van der Waals surface area contributed by atoms with E-state index in [1.54, 1.807) is 0 Å². The number of aromatic nitrogens is 1. The Kier molecular flexibility index (Phi) is 4.05. The number of benzene rings is 1. The molecule has 2 aliphatic rings. The molecule has 0 saturated heterocycles. The summed E-state index contributed by atoms with van der Waals surface area (Å²) < 4.78 is 5.92. The molecule has 0 amide bonds. The average molecular weight is 279 g/mol. The molecule has 1 aromatic carbocycles. The minimum absolute atomic E-state index is 0.608. The zero-order valence-corrected chi connectivity index (χ0v) is 12.6. The van der Waals surface area contributed by atoms with Crippen LogP contribution in [-0.4, -0.2) is 4.98 Å². The van der Waals surface area contributed by atoms with E-state index >= 15 is 0 Å². The van der Waals surface area contributed by atoms with E-state index < -0.39 is 0 Å². The maximum absolute atomic E-state index is 5.92. The Morgan fingerprint density at radius 3 is 2.86 bits per heavy atom. The monoisotopic (exact) mass is 279 g/mol. The van der Waals surface area contributed by atoms with Crippen LogP contribution in [0.15, 0.2) is 60.5 Å². The highest BCUT2D eigenvalue weighted by Gasteiger charge is 2.35. The minimum Gasteiger partial charge on any atom is -0.489 e. The fraction of sp³-hybridized carbons (Fsp3) is 0.316. The molecule has 2 atom stereocenters. The van der Waals surface area contributed by atoms with Gasteiger partial charge in [-0.1, -0.05) is 38.1 Å². The van der Waals surface area contributed by atoms with Crippen LogP contribution in [-0.2, 0) is 11.3 Å². The van der Waals surface area contributed by atoms with Crippen LogP contribution >= 0.6 is 0 Å². The van der Waals surface area contributed by atoms with Gasteiger partial charge in [0.25, 0.3) is 0 Å². The van der Waals surface area contributed by atoms with Crippen molar-refractivity contribution in [1.82, 2.24) is 4.98 Å². The summed E-state index contributed by atoms with van der Waals surface area (Å²) >= 11 is 0. The van der Waals surface area contributed by atoms with Gasteiger partial charge in [-0.3, -0.25) is 4.98 Å². The third kappa shape index (κ3) is 2.99. The summed E-state index contributed by atoms with van der Waals surface area (Å²) in [5, 5.41) is 1.18. The molecule has 0 radical (unpaired) electrons. The first-order chi connectivity index (χ1) is 10.4. The molecular formula is C19H21NO. The lowest BCUT2D eigenvalue weighted by molar-refractivity contribution is 0.209. The predicted octanol–water partition coefficient (Wildman–Crippen LogP) is 4.87. The smallest absolute Gasteiger partial charge is 0.115 e. The maximum Gasteiger partial charge on any atom is 0.115 e. The van der Waals surface area contributed by atoms with Crippen LogP contribution in [0.1, 0.15) is 25.8 Å². The van der Waals surface area contributed by atoms with Gasteiger partial charge in [-0.15, -0.1) is 0 Å². The number of hydrogen-bond acceptors (Lipinski definition) is 2. The summed E-state index contributed by atoms with van der Waals surface area (Å²) in [6.07, 6.45) is 9.78. The number of fused-ring (bicyclic) bond motifs is 2. The van der Waals surface area contributed by atoms with E-state index in [-0.39, 0.29) is 0 Å². The molecule has 1 heterocycles. The van der Waals surface area contributed by atoms with Crippen LogP contribution in [0.25, 0.3) is 10.9 Å². The van der Waals surface area contributed by atoms with Crippen molar-refractivity contribution in [2.75, 3.05) is 0 Å². The van der Waals surface area contributed by atoms with Gasteiger partial charge in [0.15, 0.2) is 0 Å². The Labute approximate surface area is 126 Å². The largest absolute Gasteiger partial charge is 0.489 e. The summed E-state index contributed by atoms with van der Waals surface area (Å²) in [4.78, 5) is 4.37. The van der Waals surface area contributed by atoms with Gasteiger partial charge in [-0.25, -0.2) is 0 Å². The van der Waals surface area contributed by atoms with E-state index in [2.05, 4.69) is 29.3 Å². The number of pyridine rings is 1. The van der Waals surface area contributed by atoms with Gasteiger partial charge in [-0.05, 0) is 42.5 Å². The van der Waals surface area contributed by atoms with Crippen molar-refractivity contribution in [3.05, 3.63) is 66.1 Å². The number of rotatable bonds is 3. The van der Waals surface area contributed by atoms with Crippen molar-refractivity contribution < 1.29 is 4.74 Å². The summed E-state index contributed by atoms with van der Waals surface area (Å²) in [6.45, 7) is 4.61. The number of hydrogen-bond donors (Lipinski definition) is 0. The van der Waals surface area contributed by atoms with Gasteiger partial charge >= 0.3 is 0 Å². The standard InChI is InChI=1S/C17H15NO.C2H6/c1-2-4-17-16(3-1)13(7-8-18-17)11-19-15-6-5-12-9-14(12)10-15;1-2/h1-8,10,12,14H,9,11H2;1-2H3. The molecule has 21 heavy (non-hydrogen) atoms. The molecular weight excluding hydrogens is 258 g/mol. The Balaban J connectivity index is 0.000000636. The average Bonchev–Trinajstić information content (AvgIpc) is 3.33. The van der Waals surface area contributed by atoms with E-state index in [4.69, 9.17) is 4.74 Å². The molecule has 108 valence electrons. The van der Waals surface area contributed by atoms with Crippen molar-refractivity contribution in [2.24, 2.45) is 11.8 Å². The molecule has 0 spiro atoms. The molecule has 1 fully saturated rings. The van der Waals surface area contributed by atoms with E-state index in [9.17, 15) is 0 Å². The maximum atomic E-state index is 5.92. The fourth-order valence-electron chi connectivity index (χ4n) is 2.67. The lowest BCUT2D eigenvalue weighted by atomic mass is 10.1. The van der Waals surface area contributed by atoms with Crippen LogP contribution in [0.4, 0.5) is 0 Å². The first-order valence-corrected chi connectivity index (χ1v) is 7.75. The van der Waals surface area contributed by atoms with Crippen LogP contribution in [0.2, 0.25) is 0 Å². The third-order valence-corrected chi connectivity index (χ3v) is 3.91. The Hall–Kier alpha value is -2.09. The summed E-state index contributed by atoms with van der Waals surface area (Å²) in [5.74, 6) is 2.53. The number of para-hydroxylation sites is 1. The van der Waals surface area contributed by atoms with E-state index in [1.807, 2.05) is 44.3 Å². The van der Waals surface area contributed by atoms with E-state index in [0.29, 0.717) is 6.61 Å². The minimum atomic E-state index is 0.608. The lowest BCUT2D eigenvalue weighted by Gasteiger charge is -2.11. The summed E-state index contributed by atoms with van der Waals surface area (Å²) in [5.41, 5.74) is 2.22. The van der Waals surface area contributed by atoms with Gasteiger partial charge in [0.1, 0.15) is 12.4 Å². The number of allylic oxidation sites excluding steroid dienone is 3. The predicted molar refractivity (Wildman–Crippen MR) is 86.7 cm³/mol. The molecule has 2 aromatic rings. The second-order valence-electron chi connectivity index (χ2n) is 5.27. The molecule has 4 rings (SSSR count). The van der Waals surface area contributed by atoms with Crippen LogP contribution in [0.5, 0.6) is 0 Å². The molecule has 2 aliphatic carbocycles. The third-order valence-electron chi connectivity index (χ3n) is 3.91. The lowest BCUT2D eigenvalue weighted by Crippen LogP contribution is -1.96. The van der Waals surface area contributed by atoms with Gasteiger partial charge < -0.3 is 4.74 Å². The quantitative estimate of drug-likeness (QED) is 0.800. The van der Waals surface area contributed by atoms with Crippen LogP contribution < -0.4 is 0 Å². The highest BCUT2D eigenvalue weighted by Crippen LogP contribution is 2.44. The van der Waals surface area contributed by atoms with Gasteiger partial charge in [0.05, 0.1) is 5.52 Å². The molecule has 1 aromatic heterocycles. The van der Waals surface area contributed by atoms with Crippen LogP contribution in [0, 0.1) is 11.8 Å². The second-order valence-corrected chi connectivity index (χ2v) is 5.27. The molecule has 1 saturated carbocycles. The van der Waals surface area contributed by atoms with Gasteiger partial charge in [0.2, 0.25) is 0 Å². The van der Waals surface area contributed by atoms with Crippen molar-refractivity contribution in [3.63, 3.8) is 0 Å². The van der Waals surface area contributed by atoms with Crippen molar-refractivity contribution in [1.29, 1.82) is 0 Å². The zero-order chi connectivity index (χ0) is 14.7. The zero-order valence-electron chi connectivity index (χ0n) is 12.6. The van der Waals surface area contributed by atoms with Gasteiger partial charge in [-0.2, -0.15) is 0 Å². The summed E-state index contributed by atoms with van der Waals surface area (Å²) in [7, 11) is 0. The highest BCUT2D eigenvalue weighted by molar-refractivity contribution is 5.81. The normalized spacial score (nSPS) is 21.9.